The van der Waals surface area contributed by atoms with Gasteiger partial charge in [-0.1, -0.05) is 31.2 Å². The van der Waals surface area contributed by atoms with Gasteiger partial charge in [-0.25, -0.2) is 0 Å². The van der Waals surface area contributed by atoms with E-state index >= 15 is 0 Å². The molecule has 0 spiro atoms. The lowest BCUT2D eigenvalue weighted by Gasteiger charge is -2.26. The van der Waals surface area contributed by atoms with Crippen LogP contribution >= 0.6 is 0 Å². The number of amides is 1. The van der Waals surface area contributed by atoms with E-state index in [-0.39, 0.29) is 17.7 Å². The van der Waals surface area contributed by atoms with Crippen LogP contribution in [0.4, 0.5) is 0 Å². The number of carbonyl (C=O) groups is 2. The van der Waals surface area contributed by atoms with Crippen molar-refractivity contribution >= 4 is 11.7 Å². The molecule has 1 atom stereocenters. The molecule has 1 amide bonds. The molecule has 0 aliphatic carbocycles. The standard InChI is InChI=1S/C21H26N2O2/c1-5-16-19(15(4)24)14(3)22-20(16)21(25)23-12-8-11-18(23)17-10-7-6-9-13(17)2/h6-7,9-10,18,22H,5,8,11-12H2,1-4H3. The number of rotatable bonds is 4. The SMILES string of the molecule is CCc1c(C(=O)N2CCCC2c2ccccc2C)[nH]c(C)c1C(C)=O. The maximum Gasteiger partial charge on any atom is 0.271 e. The first-order chi connectivity index (χ1) is 12.0. The van der Waals surface area contributed by atoms with Crippen LogP contribution in [0.15, 0.2) is 24.3 Å². The second-order valence-corrected chi connectivity index (χ2v) is 6.90. The van der Waals surface area contributed by atoms with E-state index in [1.807, 2.05) is 30.9 Å². The number of aryl methyl sites for hydroxylation is 2. The van der Waals surface area contributed by atoms with E-state index in [4.69, 9.17) is 0 Å². The molecule has 3 rings (SSSR count). The van der Waals surface area contributed by atoms with Crippen LogP contribution in [0.1, 0.15) is 76.0 Å². The summed E-state index contributed by atoms with van der Waals surface area (Å²) in [5.74, 6) is 0.0275. The fourth-order valence-electron chi connectivity index (χ4n) is 4.13. The van der Waals surface area contributed by atoms with Gasteiger partial charge in [0.05, 0.1) is 6.04 Å². The van der Waals surface area contributed by atoms with Gasteiger partial charge in [-0.2, -0.15) is 0 Å². The average Bonchev–Trinajstić information content (AvgIpc) is 3.18. The predicted octanol–water partition coefficient (Wildman–Crippen LogP) is 4.37. The lowest BCUT2D eigenvalue weighted by molar-refractivity contribution is 0.0729. The van der Waals surface area contributed by atoms with Crippen molar-refractivity contribution in [1.82, 2.24) is 9.88 Å². The number of nitrogens with one attached hydrogen (secondary N) is 1. The minimum absolute atomic E-state index is 0.0122. The van der Waals surface area contributed by atoms with Crippen molar-refractivity contribution in [3.05, 3.63) is 57.9 Å². The van der Waals surface area contributed by atoms with Gasteiger partial charge in [-0.05, 0) is 56.7 Å². The van der Waals surface area contributed by atoms with Crippen molar-refractivity contribution in [1.29, 1.82) is 0 Å². The number of hydrogen-bond acceptors (Lipinski definition) is 2. The number of nitrogens with zero attached hydrogens (tertiary/aromatic N) is 1. The van der Waals surface area contributed by atoms with Gasteiger partial charge < -0.3 is 9.88 Å². The number of H-pyrrole nitrogens is 1. The van der Waals surface area contributed by atoms with Crippen LogP contribution in [0.25, 0.3) is 0 Å². The van der Waals surface area contributed by atoms with Gasteiger partial charge in [-0.15, -0.1) is 0 Å². The quantitative estimate of drug-likeness (QED) is 0.842. The van der Waals surface area contributed by atoms with E-state index in [2.05, 4.69) is 24.0 Å². The van der Waals surface area contributed by atoms with E-state index in [9.17, 15) is 9.59 Å². The number of aromatic amines is 1. The Kier molecular flexibility index (Phi) is 4.80. The zero-order valence-corrected chi connectivity index (χ0v) is 15.5. The summed E-state index contributed by atoms with van der Waals surface area (Å²) in [6.07, 6.45) is 2.66. The number of benzene rings is 1. The normalized spacial score (nSPS) is 17.1. The molecule has 25 heavy (non-hydrogen) atoms. The summed E-state index contributed by atoms with van der Waals surface area (Å²) in [5, 5.41) is 0. The number of likely N-dealkylation sites (tertiary alicyclic amines) is 1. The third-order valence-corrected chi connectivity index (χ3v) is 5.27. The zero-order chi connectivity index (χ0) is 18.1. The predicted molar refractivity (Wildman–Crippen MR) is 99.1 cm³/mol. The summed E-state index contributed by atoms with van der Waals surface area (Å²) in [4.78, 5) is 30.4. The molecule has 1 saturated heterocycles. The molecular formula is C21H26N2O2. The molecule has 0 bridgehead atoms. The molecular weight excluding hydrogens is 312 g/mol. The Balaban J connectivity index is 1.99. The minimum atomic E-state index is 0.0122. The first-order valence-corrected chi connectivity index (χ1v) is 9.04. The van der Waals surface area contributed by atoms with Gasteiger partial charge in [0.25, 0.3) is 5.91 Å². The topological polar surface area (TPSA) is 53.2 Å². The highest BCUT2D eigenvalue weighted by atomic mass is 16.2. The van der Waals surface area contributed by atoms with Gasteiger partial charge in [0.15, 0.2) is 5.78 Å². The average molecular weight is 338 g/mol. The molecule has 1 aromatic carbocycles. The highest BCUT2D eigenvalue weighted by molar-refractivity contribution is 6.02. The van der Waals surface area contributed by atoms with Gasteiger partial charge in [-0.3, -0.25) is 9.59 Å². The molecule has 1 aromatic heterocycles. The fraction of sp³-hybridized carbons (Fsp3) is 0.429. The molecule has 1 unspecified atom stereocenters. The van der Waals surface area contributed by atoms with Crippen LogP contribution < -0.4 is 0 Å². The summed E-state index contributed by atoms with van der Waals surface area (Å²) in [6, 6.07) is 8.40. The van der Waals surface area contributed by atoms with Crippen molar-refractivity contribution in [2.75, 3.05) is 6.54 Å². The Labute approximate surface area is 149 Å². The van der Waals surface area contributed by atoms with Crippen molar-refractivity contribution in [3.63, 3.8) is 0 Å². The maximum atomic E-state index is 13.3. The molecule has 1 aliphatic rings. The van der Waals surface area contributed by atoms with Crippen LogP contribution in [0.3, 0.4) is 0 Å². The van der Waals surface area contributed by atoms with Gasteiger partial charge in [0, 0.05) is 17.8 Å². The Morgan fingerprint density at radius 3 is 2.60 bits per heavy atom. The van der Waals surface area contributed by atoms with Crippen molar-refractivity contribution in [2.24, 2.45) is 0 Å². The smallest absolute Gasteiger partial charge is 0.271 e. The lowest BCUT2D eigenvalue weighted by Crippen LogP contribution is -2.31. The Morgan fingerprint density at radius 1 is 1.24 bits per heavy atom. The summed E-state index contributed by atoms with van der Waals surface area (Å²) in [7, 11) is 0. The molecule has 132 valence electrons. The molecule has 0 radical (unpaired) electrons. The fourth-order valence-corrected chi connectivity index (χ4v) is 4.13. The summed E-state index contributed by atoms with van der Waals surface area (Å²) in [5.41, 5.74) is 5.35. The molecule has 2 heterocycles. The molecule has 1 N–H and O–H groups in total. The van der Waals surface area contributed by atoms with Gasteiger partial charge in [0.1, 0.15) is 5.69 Å². The van der Waals surface area contributed by atoms with Crippen molar-refractivity contribution in [2.45, 2.75) is 53.0 Å². The third kappa shape index (κ3) is 3.01. The molecule has 0 saturated carbocycles. The largest absolute Gasteiger partial charge is 0.354 e. The second-order valence-electron chi connectivity index (χ2n) is 6.90. The third-order valence-electron chi connectivity index (χ3n) is 5.27. The number of aromatic nitrogens is 1. The monoisotopic (exact) mass is 338 g/mol. The molecule has 1 aliphatic heterocycles. The number of hydrogen-bond donors (Lipinski definition) is 1. The Bertz CT molecular complexity index is 819. The Morgan fingerprint density at radius 2 is 1.96 bits per heavy atom. The van der Waals surface area contributed by atoms with Gasteiger partial charge in [0.2, 0.25) is 0 Å². The van der Waals surface area contributed by atoms with E-state index in [1.54, 1.807) is 6.92 Å². The number of ketones is 1. The number of Topliss-reactive ketones (excluding diaryl/α,β-unsaturated/α-hetero) is 1. The van der Waals surface area contributed by atoms with Crippen LogP contribution in [0.5, 0.6) is 0 Å². The Hall–Kier alpha value is -2.36. The second kappa shape index (κ2) is 6.87. The van der Waals surface area contributed by atoms with E-state index in [0.717, 1.165) is 30.6 Å². The van der Waals surface area contributed by atoms with Crippen LogP contribution in [-0.2, 0) is 6.42 Å². The molecule has 4 nitrogen and oxygen atoms in total. The first kappa shape index (κ1) is 17.5. The number of carbonyl (C=O) groups excluding carboxylic acids is 2. The molecule has 2 aromatic rings. The van der Waals surface area contributed by atoms with Crippen LogP contribution in [-0.4, -0.2) is 28.1 Å². The minimum Gasteiger partial charge on any atom is -0.354 e. The molecule has 1 fully saturated rings. The van der Waals surface area contributed by atoms with Crippen LogP contribution in [0.2, 0.25) is 0 Å². The lowest BCUT2D eigenvalue weighted by atomic mass is 9.98. The van der Waals surface area contributed by atoms with E-state index in [1.165, 1.54) is 11.1 Å². The summed E-state index contributed by atoms with van der Waals surface area (Å²) >= 11 is 0. The van der Waals surface area contributed by atoms with Crippen molar-refractivity contribution in [3.8, 4) is 0 Å². The van der Waals surface area contributed by atoms with E-state index in [0.29, 0.717) is 17.7 Å². The van der Waals surface area contributed by atoms with Gasteiger partial charge >= 0.3 is 0 Å². The highest BCUT2D eigenvalue weighted by Gasteiger charge is 2.34. The highest BCUT2D eigenvalue weighted by Crippen LogP contribution is 2.35. The summed E-state index contributed by atoms with van der Waals surface area (Å²) < 4.78 is 0. The van der Waals surface area contributed by atoms with Crippen LogP contribution in [0, 0.1) is 13.8 Å². The summed E-state index contributed by atoms with van der Waals surface area (Å²) in [6.45, 7) is 8.29. The molecule has 4 heteroatoms. The van der Waals surface area contributed by atoms with E-state index < -0.39 is 0 Å². The van der Waals surface area contributed by atoms with Crippen molar-refractivity contribution < 1.29 is 9.59 Å². The zero-order valence-electron chi connectivity index (χ0n) is 15.5. The first-order valence-electron chi connectivity index (χ1n) is 9.04. The maximum absolute atomic E-state index is 13.3.